The highest BCUT2D eigenvalue weighted by Gasteiger charge is 2.10. The van der Waals surface area contributed by atoms with Gasteiger partial charge in [-0.25, -0.2) is 4.39 Å². The van der Waals surface area contributed by atoms with Crippen molar-refractivity contribution >= 4 is 0 Å². The molecule has 0 aliphatic heterocycles. The molecule has 0 heterocycles. The normalized spacial score (nSPS) is 12.3. The van der Waals surface area contributed by atoms with Crippen molar-refractivity contribution in [3.8, 4) is 0 Å². The molecule has 2 nitrogen and oxygen atoms in total. The molecule has 0 radical (unpaired) electrons. The molecule has 2 aromatic rings. The van der Waals surface area contributed by atoms with Crippen molar-refractivity contribution in [2.75, 3.05) is 13.2 Å². The minimum atomic E-state index is -0.233. The third-order valence-electron chi connectivity index (χ3n) is 3.97. The maximum absolute atomic E-state index is 13.0. The number of aryl methyl sites for hydroxylation is 1. The molecule has 0 aliphatic rings. The second-order valence-corrected chi connectivity index (χ2v) is 5.44. The van der Waals surface area contributed by atoms with Crippen molar-refractivity contribution in [3.05, 3.63) is 71.0 Å². The fraction of sp³-hybridized carbons (Fsp3) is 0.368. The monoisotopic (exact) mass is 301 g/mol. The maximum atomic E-state index is 13.0. The molecular formula is C19H24FNO. The number of aliphatic hydroxyl groups is 1. The Kier molecular flexibility index (Phi) is 6.56. The van der Waals surface area contributed by atoms with Gasteiger partial charge in [-0.3, -0.25) is 0 Å². The molecule has 0 spiro atoms. The van der Waals surface area contributed by atoms with E-state index < -0.39 is 0 Å². The highest BCUT2D eigenvalue weighted by Crippen LogP contribution is 2.17. The van der Waals surface area contributed by atoms with Crippen LogP contribution < -0.4 is 5.32 Å². The lowest BCUT2D eigenvalue weighted by Crippen LogP contribution is -2.25. The summed E-state index contributed by atoms with van der Waals surface area (Å²) in [6.45, 7) is 3.11. The van der Waals surface area contributed by atoms with Crippen LogP contribution in [0.25, 0.3) is 0 Å². The Bertz CT molecular complexity index is 568. The largest absolute Gasteiger partial charge is 0.396 e. The summed E-state index contributed by atoms with van der Waals surface area (Å²) in [6, 6.07) is 15.0. The highest BCUT2D eigenvalue weighted by molar-refractivity contribution is 5.27. The van der Waals surface area contributed by atoms with Gasteiger partial charge >= 0.3 is 0 Å². The van der Waals surface area contributed by atoms with Gasteiger partial charge in [-0.05, 0) is 54.6 Å². The van der Waals surface area contributed by atoms with Gasteiger partial charge in [-0.15, -0.1) is 0 Å². The summed E-state index contributed by atoms with van der Waals surface area (Å²) < 4.78 is 13.0. The van der Waals surface area contributed by atoms with Crippen LogP contribution in [0.2, 0.25) is 0 Å². The molecular weight excluding hydrogens is 277 g/mol. The topological polar surface area (TPSA) is 32.3 Å². The van der Waals surface area contributed by atoms with E-state index in [-0.39, 0.29) is 18.5 Å². The molecule has 1 atom stereocenters. The van der Waals surface area contributed by atoms with E-state index in [9.17, 15) is 9.50 Å². The quantitative estimate of drug-likeness (QED) is 0.780. The maximum Gasteiger partial charge on any atom is 0.123 e. The van der Waals surface area contributed by atoms with Crippen LogP contribution in [0.15, 0.2) is 48.5 Å². The highest BCUT2D eigenvalue weighted by atomic mass is 19.1. The van der Waals surface area contributed by atoms with Crippen molar-refractivity contribution < 1.29 is 9.50 Å². The number of nitrogens with one attached hydrogen (secondary N) is 1. The van der Waals surface area contributed by atoms with E-state index in [1.807, 2.05) is 0 Å². The standard InChI is InChI=1S/C19H24FNO/c1-2-15-5-3-4-6-16(15)11-13-21-19(12-14-22)17-7-9-18(20)10-8-17/h3-10,19,21-22H,2,11-14H2,1H3. The van der Waals surface area contributed by atoms with E-state index in [0.29, 0.717) is 6.42 Å². The van der Waals surface area contributed by atoms with Gasteiger partial charge < -0.3 is 10.4 Å². The summed E-state index contributed by atoms with van der Waals surface area (Å²) in [5.41, 5.74) is 3.75. The zero-order valence-electron chi connectivity index (χ0n) is 13.1. The Hall–Kier alpha value is -1.71. The molecule has 118 valence electrons. The van der Waals surface area contributed by atoms with Crippen LogP contribution >= 0.6 is 0 Å². The SMILES string of the molecule is CCc1ccccc1CCNC(CCO)c1ccc(F)cc1. The van der Waals surface area contributed by atoms with Gasteiger partial charge in [0.05, 0.1) is 0 Å². The third kappa shape index (κ3) is 4.65. The number of rotatable bonds is 8. The van der Waals surface area contributed by atoms with E-state index in [1.165, 1.54) is 23.3 Å². The van der Waals surface area contributed by atoms with Crippen molar-refractivity contribution in [1.29, 1.82) is 0 Å². The van der Waals surface area contributed by atoms with E-state index >= 15 is 0 Å². The summed E-state index contributed by atoms with van der Waals surface area (Å²) in [4.78, 5) is 0. The predicted molar refractivity (Wildman–Crippen MR) is 88.4 cm³/mol. The Labute approximate surface area is 132 Å². The Morgan fingerprint density at radius 2 is 1.73 bits per heavy atom. The van der Waals surface area contributed by atoms with E-state index in [4.69, 9.17) is 0 Å². The van der Waals surface area contributed by atoms with Crippen LogP contribution in [0.5, 0.6) is 0 Å². The Morgan fingerprint density at radius 1 is 1.05 bits per heavy atom. The lowest BCUT2D eigenvalue weighted by molar-refractivity contribution is 0.266. The Morgan fingerprint density at radius 3 is 2.36 bits per heavy atom. The fourth-order valence-corrected chi connectivity index (χ4v) is 2.74. The summed E-state index contributed by atoms with van der Waals surface area (Å²) in [7, 11) is 0. The molecule has 22 heavy (non-hydrogen) atoms. The van der Waals surface area contributed by atoms with E-state index in [1.54, 1.807) is 12.1 Å². The van der Waals surface area contributed by atoms with Gasteiger partial charge in [0.2, 0.25) is 0 Å². The van der Waals surface area contributed by atoms with E-state index in [2.05, 4.69) is 36.5 Å². The molecule has 1 unspecified atom stereocenters. The summed E-state index contributed by atoms with van der Waals surface area (Å²) in [5, 5.41) is 12.7. The van der Waals surface area contributed by atoms with Crippen molar-refractivity contribution in [1.82, 2.24) is 5.32 Å². The molecule has 0 fully saturated rings. The summed E-state index contributed by atoms with van der Waals surface area (Å²) >= 11 is 0. The van der Waals surface area contributed by atoms with Gasteiger partial charge in [-0.2, -0.15) is 0 Å². The predicted octanol–water partition coefficient (Wildman–Crippen LogP) is 3.64. The molecule has 0 aromatic heterocycles. The average molecular weight is 301 g/mol. The molecule has 2 rings (SSSR count). The third-order valence-corrected chi connectivity index (χ3v) is 3.97. The molecule has 3 heteroatoms. The zero-order valence-corrected chi connectivity index (χ0v) is 13.1. The smallest absolute Gasteiger partial charge is 0.123 e. The van der Waals surface area contributed by atoms with Crippen molar-refractivity contribution in [2.24, 2.45) is 0 Å². The van der Waals surface area contributed by atoms with Crippen molar-refractivity contribution in [3.63, 3.8) is 0 Å². The first-order valence-corrected chi connectivity index (χ1v) is 7.91. The zero-order chi connectivity index (χ0) is 15.8. The van der Waals surface area contributed by atoms with Crippen LogP contribution in [0.4, 0.5) is 4.39 Å². The van der Waals surface area contributed by atoms with Crippen LogP contribution in [-0.4, -0.2) is 18.3 Å². The first-order valence-electron chi connectivity index (χ1n) is 7.91. The molecule has 0 aliphatic carbocycles. The van der Waals surface area contributed by atoms with Gasteiger partial charge in [0, 0.05) is 12.6 Å². The first kappa shape index (κ1) is 16.7. The number of hydrogen-bond donors (Lipinski definition) is 2. The van der Waals surface area contributed by atoms with Crippen LogP contribution in [0, 0.1) is 5.82 Å². The average Bonchev–Trinajstić information content (AvgIpc) is 2.55. The number of hydrogen-bond acceptors (Lipinski definition) is 2. The van der Waals surface area contributed by atoms with E-state index in [0.717, 1.165) is 24.9 Å². The molecule has 0 saturated heterocycles. The minimum Gasteiger partial charge on any atom is -0.396 e. The minimum absolute atomic E-state index is 0.0550. The van der Waals surface area contributed by atoms with Crippen LogP contribution in [-0.2, 0) is 12.8 Å². The molecule has 0 saturated carbocycles. The lowest BCUT2D eigenvalue weighted by atomic mass is 10.0. The van der Waals surface area contributed by atoms with Gasteiger partial charge in [0.15, 0.2) is 0 Å². The molecule has 2 aromatic carbocycles. The first-order chi connectivity index (χ1) is 10.7. The second kappa shape index (κ2) is 8.66. The number of aliphatic hydroxyl groups excluding tert-OH is 1. The van der Waals surface area contributed by atoms with Crippen LogP contribution in [0.1, 0.15) is 36.1 Å². The van der Waals surface area contributed by atoms with Gasteiger partial charge in [0.25, 0.3) is 0 Å². The molecule has 0 bridgehead atoms. The van der Waals surface area contributed by atoms with Gasteiger partial charge in [-0.1, -0.05) is 43.3 Å². The number of halogens is 1. The second-order valence-electron chi connectivity index (χ2n) is 5.44. The summed E-state index contributed by atoms with van der Waals surface area (Å²) in [5.74, 6) is -0.233. The fourth-order valence-electron chi connectivity index (χ4n) is 2.74. The molecule has 0 amide bonds. The van der Waals surface area contributed by atoms with Gasteiger partial charge in [0.1, 0.15) is 5.82 Å². The lowest BCUT2D eigenvalue weighted by Gasteiger charge is -2.19. The van der Waals surface area contributed by atoms with Crippen molar-refractivity contribution in [2.45, 2.75) is 32.2 Å². The number of benzene rings is 2. The van der Waals surface area contributed by atoms with Crippen LogP contribution in [0.3, 0.4) is 0 Å². The Balaban J connectivity index is 1.96. The molecule has 2 N–H and O–H groups in total. The summed E-state index contributed by atoms with van der Waals surface area (Å²) in [6.07, 6.45) is 2.61.